The monoisotopic (exact) mass is 840 g/mol. The third kappa shape index (κ3) is 5.72. The third-order valence-electron chi connectivity index (χ3n) is 13.0. The Morgan fingerprint density at radius 1 is 0.242 bits per heavy atom. The van der Waals surface area contributed by atoms with Crippen LogP contribution in [0.5, 0.6) is 0 Å². The van der Waals surface area contributed by atoms with Crippen LogP contribution >= 0.6 is 0 Å². The molecule has 8 aromatic heterocycles. The van der Waals surface area contributed by atoms with E-state index < -0.39 is 0 Å². The highest BCUT2D eigenvalue weighted by Crippen LogP contribution is 2.42. The minimum atomic E-state index is 0.819. The molecule has 0 amide bonds. The van der Waals surface area contributed by atoms with Crippen molar-refractivity contribution in [1.29, 1.82) is 0 Å². The van der Waals surface area contributed by atoms with Crippen molar-refractivity contribution in [2.45, 2.75) is 0 Å². The van der Waals surface area contributed by atoms with Crippen LogP contribution in [0.25, 0.3) is 143 Å². The topological polar surface area (TPSA) is 103 Å². The quantitative estimate of drug-likeness (QED) is 0.161. The first-order chi connectivity index (χ1) is 32.7. The molecule has 8 heterocycles. The van der Waals surface area contributed by atoms with Crippen molar-refractivity contribution in [3.63, 3.8) is 0 Å². The number of rotatable bonds is 4. The van der Waals surface area contributed by atoms with E-state index in [1.807, 2.05) is 55.2 Å². The van der Waals surface area contributed by atoms with Crippen molar-refractivity contribution in [3.05, 3.63) is 195 Å². The molecule has 0 fully saturated rings. The smallest absolute Gasteiger partial charge is 0.0972 e. The number of hydrogen-bond acceptors (Lipinski definition) is 8. The number of aromatic nitrogens is 8. The Hall–Kier alpha value is -9.14. The van der Waals surface area contributed by atoms with Gasteiger partial charge in [-0.05, 0) is 89.0 Å². The predicted molar refractivity (Wildman–Crippen MR) is 268 cm³/mol. The van der Waals surface area contributed by atoms with E-state index in [0.717, 1.165) is 143 Å². The molecule has 8 heteroatoms. The van der Waals surface area contributed by atoms with Crippen LogP contribution in [0.1, 0.15) is 0 Å². The summed E-state index contributed by atoms with van der Waals surface area (Å²) in [6, 6.07) is 57.1. The summed E-state index contributed by atoms with van der Waals surface area (Å²) < 4.78 is 0. The summed E-state index contributed by atoms with van der Waals surface area (Å²) >= 11 is 0. The number of pyridine rings is 8. The van der Waals surface area contributed by atoms with Crippen molar-refractivity contribution < 1.29 is 0 Å². The summed E-state index contributed by atoms with van der Waals surface area (Å²) in [6.07, 6.45) is 9.22. The van der Waals surface area contributed by atoms with Crippen LogP contribution in [0.4, 0.5) is 0 Å². The summed E-state index contributed by atoms with van der Waals surface area (Å²) in [5.41, 5.74) is 13.1. The molecular formula is C58H32N8. The van der Waals surface area contributed by atoms with Gasteiger partial charge in [-0.3, -0.25) is 19.9 Å². The molecule has 0 saturated carbocycles. The summed E-state index contributed by atoms with van der Waals surface area (Å²) in [5.74, 6) is 0. The first-order valence-corrected chi connectivity index (χ1v) is 21.9. The lowest BCUT2D eigenvalue weighted by Crippen LogP contribution is -1.96. The van der Waals surface area contributed by atoms with Gasteiger partial charge in [0.25, 0.3) is 0 Å². The molecule has 0 bridgehead atoms. The Balaban J connectivity index is 1.07. The lowest BCUT2D eigenvalue weighted by atomic mass is 9.90. The Bertz CT molecular complexity index is 3820. The van der Waals surface area contributed by atoms with Gasteiger partial charge in [0.2, 0.25) is 0 Å². The summed E-state index contributed by atoms with van der Waals surface area (Å²) in [6.45, 7) is 0. The van der Waals surface area contributed by atoms with Crippen molar-refractivity contribution in [2.24, 2.45) is 0 Å². The molecule has 14 aromatic rings. The maximum absolute atomic E-state index is 5.43. The van der Waals surface area contributed by atoms with E-state index >= 15 is 0 Å². The van der Waals surface area contributed by atoms with Crippen LogP contribution in [-0.2, 0) is 0 Å². The van der Waals surface area contributed by atoms with Gasteiger partial charge in [-0.1, -0.05) is 91.0 Å². The molecule has 0 aliphatic carbocycles. The summed E-state index contributed by atoms with van der Waals surface area (Å²) in [4.78, 5) is 40.5. The van der Waals surface area contributed by atoms with E-state index in [1.165, 1.54) is 0 Å². The van der Waals surface area contributed by atoms with Gasteiger partial charge in [0.15, 0.2) is 0 Å². The maximum Gasteiger partial charge on any atom is 0.0972 e. The highest BCUT2D eigenvalue weighted by molar-refractivity contribution is 6.10. The van der Waals surface area contributed by atoms with Gasteiger partial charge in [-0.2, -0.15) is 0 Å². The van der Waals surface area contributed by atoms with Crippen molar-refractivity contribution in [2.75, 3.05) is 0 Å². The average molecular weight is 841 g/mol. The predicted octanol–water partition coefficient (Wildman–Crippen LogP) is 13.9. The zero-order chi connectivity index (χ0) is 43.3. The number of hydrogen-bond donors (Lipinski definition) is 0. The van der Waals surface area contributed by atoms with Crippen LogP contribution < -0.4 is 0 Å². The summed E-state index contributed by atoms with van der Waals surface area (Å²) in [7, 11) is 0. The number of benzene rings is 6. The largest absolute Gasteiger partial charge is 0.264 e. The first kappa shape index (κ1) is 36.4. The first-order valence-electron chi connectivity index (χ1n) is 21.9. The number of fused-ring (bicyclic) bond motifs is 13. The van der Waals surface area contributed by atoms with Gasteiger partial charge < -0.3 is 0 Å². The lowest BCUT2D eigenvalue weighted by molar-refractivity contribution is 1.35. The Labute approximate surface area is 376 Å². The van der Waals surface area contributed by atoms with Gasteiger partial charge in [0.05, 0.1) is 61.4 Å². The Morgan fingerprint density at radius 2 is 0.561 bits per heavy atom. The van der Waals surface area contributed by atoms with E-state index in [-0.39, 0.29) is 0 Å². The standard InChI is InChI=1S/C58H32N8/c1-4-34-9-12-38-16-20-49(64-56(38)53(34)60-24-1)44-29-42-31-46(51-22-18-40-14-11-36-6-3-26-62-55(36)58(40)66-51)45(50-21-17-39-13-10-35-5-2-25-61-54(35)57(39)65-50)30-41(42)28-43(44)48-19-15-37-8-7-33-23-27-59-32-47(33)52(37)63-48/h1-32H. The second-order valence-electron chi connectivity index (χ2n) is 16.8. The van der Waals surface area contributed by atoms with Crippen LogP contribution in [0, 0.1) is 0 Å². The van der Waals surface area contributed by atoms with E-state index in [1.54, 1.807) is 0 Å². The molecule has 6 aromatic carbocycles. The summed E-state index contributed by atoms with van der Waals surface area (Å²) in [5, 5.41) is 11.4. The fourth-order valence-corrected chi connectivity index (χ4v) is 9.72. The third-order valence-corrected chi connectivity index (χ3v) is 13.0. The molecule has 0 N–H and O–H groups in total. The molecule has 0 saturated heterocycles. The van der Waals surface area contributed by atoms with Gasteiger partial charge >= 0.3 is 0 Å². The molecule has 14 rings (SSSR count). The SMILES string of the molecule is c1cnc2c(c1)ccc1ccc(-c3cc4cc(-c5ccc6ccc7cccnc7c6n5)c(-c5ccc6ccc7cccnc7c6n5)cc4cc3-c3ccc4ccc5ccncc5c4n3)nc12. The molecule has 304 valence electrons. The van der Waals surface area contributed by atoms with Crippen molar-refractivity contribution >= 4 is 97.9 Å². The van der Waals surface area contributed by atoms with Crippen LogP contribution in [0.2, 0.25) is 0 Å². The molecule has 0 unspecified atom stereocenters. The molecule has 66 heavy (non-hydrogen) atoms. The van der Waals surface area contributed by atoms with E-state index in [9.17, 15) is 0 Å². The van der Waals surface area contributed by atoms with Crippen molar-refractivity contribution in [3.8, 4) is 45.0 Å². The molecule has 0 radical (unpaired) electrons. The van der Waals surface area contributed by atoms with Gasteiger partial charge in [-0.25, -0.2) is 19.9 Å². The molecule has 0 spiro atoms. The van der Waals surface area contributed by atoms with E-state index in [2.05, 4.69) is 145 Å². The van der Waals surface area contributed by atoms with Gasteiger partial charge in [0, 0.05) is 96.3 Å². The van der Waals surface area contributed by atoms with E-state index in [0.29, 0.717) is 0 Å². The number of nitrogens with zero attached hydrogens (tertiary/aromatic N) is 8. The second kappa shape index (κ2) is 14.2. The minimum Gasteiger partial charge on any atom is -0.264 e. The van der Waals surface area contributed by atoms with Gasteiger partial charge in [-0.15, -0.1) is 0 Å². The fourth-order valence-electron chi connectivity index (χ4n) is 9.72. The van der Waals surface area contributed by atoms with Crippen molar-refractivity contribution in [1.82, 2.24) is 39.9 Å². The molecule has 0 aliphatic rings. The second-order valence-corrected chi connectivity index (χ2v) is 16.8. The molecule has 0 aliphatic heterocycles. The minimum absolute atomic E-state index is 0.819. The Morgan fingerprint density at radius 3 is 0.955 bits per heavy atom. The normalized spacial score (nSPS) is 11.9. The van der Waals surface area contributed by atoms with Gasteiger partial charge in [0.1, 0.15) is 0 Å². The zero-order valence-electron chi connectivity index (χ0n) is 35.1. The molecule has 8 nitrogen and oxygen atoms in total. The highest BCUT2D eigenvalue weighted by atomic mass is 14.8. The fraction of sp³-hybridized carbons (Fsp3) is 0. The molecular weight excluding hydrogens is 809 g/mol. The zero-order valence-corrected chi connectivity index (χ0v) is 35.1. The van der Waals surface area contributed by atoms with E-state index in [4.69, 9.17) is 34.9 Å². The Kier molecular flexibility index (Phi) is 7.81. The maximum atomic E-state index is 5.43. The highest BCUT2D eigenvalue weighted by Gasteiger charge is 2.20. The molecule has 0 atom stereocenters. The van der Waals surface area contributed by atoms with Crippen LogP contribution in [0.15, 0.2) is 195 Å². The van der Waals surface area contributed by atoms with Crippen LogP contribution in [0.3, 0.4) is 0 Å². The average Bonchev–Trinajstić information content (AvgIpc) is 3.39. The van der Waals surface area contributed by atoms with Crippen LogP contribution in [-0.4, -0.2) is 39.9 Å². The lowest BCUT2D eigenvalue weighted by Gasteiger charge is -2.17.